The number of hydrogen-bond donors (Lipinski definition) is 2. The van der Waals surface area contributed by atoms with Crippen molar-refractivity contribution in [2.24, 2.45) is 0 Å². The van der Waals surface area contributed by atoms with Crippen LogP contribution in [0.4, 0.5) is 10.2 Å². The molecule has 5 heteroatoms. The first-order chi connectivity index (χ1) is 9.61. The maximum Gasteiger partial charge on any atom is 0.255 e. The number of nitrogens with zero attached hydrogens (tertiary/aromatic N) is 1. The molecule has 0 radical (unpaired) electrons. The van der Waals surface area contributed by atoms with Crippen LogP contribution in [-0.2, 0) is 6.54 Å². The maximum atomic E-state index is 13.2. The molecule has 1 aromatic carbocycles. The van der Waals surface area contributed by atoms with Gasteiger partial charge >= 0.3 is 0 Å². The fourth-order valence-corrected chi connectivity index (χ4v) is 1.89. The summed E-state index contributed by atoms with van der Waals surface area (Å²) in [5.41, 5.74) is 2.32. The van der Waals surface area contributed by atoms with Crippen molar-refractivity contribution >= 4 is 11.7 Å². The highest BCUT2D eigenvalue weighted by atomic mass is 19.1. The molecular formula is C15H16FN3O. The molecule has 0 spiro atoms. The lowest BCUT2D eigenvalue weighted by molar-refractivity contribution is 0.0951. The normalized spacial score (nSPS) is 10.2. The van der Waals surface area contributed by atoms with Crippen LogP contribution in [0, 0.1) is 12.7 Å². The first-order valence-electron chi connectivity index (χ1n) is 6.28. The summed E-state index contributed by atoms with van der Waals surface area (Å²) in [4.78, 5) is 15.9. The van der Waals surface area contributed by atoms with E-state index in [1.807, 2.05) is 31.2 Å². The molecule has 0 atom stereocenters. The van der Waals surface area contributed by atoms with E-state index in [9.17, 15) is 9.18 Å². The van der Waals surface area contributed by atoms with Gasteiger partial charge in [-0.15, -0.1) is 0 Å². The Kier molecular flexibility index (Phi) is 4.30. The summed E-state index contributed by atoms with van der Waals surface area (Å²) in [6.45, 7) is 2.37. The van der Waals surface area contributed by atoms with Crippen molar-refractivity contribution < 1.29 is 9.18 Å². The molecule has 0 unspecified atom stereocenters. The van der Waals surface area contributed by atoms with Crippen LogP contribution in [0.2, 0.25) is 0 Å². The molecule has 0 saturated heterocycles. The second kappa shape index (κ2) is 6.14. The van der Waals surface area contributed by atoms with Crippen LogP contribution in [0.25, 0.3) is 0 Å². The number of pyridine rings is 1. The molecular weight excluding hydrogens is 257 g/mol. The Balaban J connectivity index is 2.13. The quantitative estimate of drug-likeness (QED) is 0.900. The van der Waals surface area contributed by atoms with Gasteiger partial charge in [-0.1, -0.05) is 24.3 Å². The minimum absolute atomic E-state index is 0.195. The Morgan fingerprint density at radius 2 is 2.10 bits per heavy atom. The number of halogens is 1. The van der Waals surface area contributed by atoms with Crippen LogP contribution < -0.4 is 10.6 Å². The lowest BCUT2D eigenvalue weighted by Gasteiger charge is -2.10. The summed E-state index contributed by atoms with van der Waals surface area (Å²) < 4.78 is 13.2. The summed E-state index contributed by atoms with van der Waals surface area (Å²) in [5, 5.41) is 5.55. The Morgan fingerprint density at radius 1 is 1.35 bits per heavy atom. The van der Waals surface area contributed by atoms with E-state index in [1.54, 1.807) is 7.05 Å². The fourth-order valence-electron chi connectivity index (χ4n) is 1.89. The predicted molar refractivity (Wildman–Crippen MR) is 76.1 cm³/mol. The highest BCUT2D eigenvalue weighted by molar-refractivity contribution is 5.98. The van der Waals surface area contributed by atoms with E-state index in [4.69, 9.17) is 0 Å². The van der Waals surface area contributed by atoms with Crippen molar-refractivity contribution in [2.45, 2.75) is 13.5 Å². The van der Waals surface area contributed by atoms with Crippen LogP contribution in [0.5, 0.6) is 0 Å². The molecule has 0 saturated carbocycles. The zero-order valence-electron chi connectivity index (χ0n) is 11.4. The summed E-state index contributed by atoms with van der Waals surface area (Å²) in [7, 11) is 1.64. The van der Waals surface area contributed by atoms with Gasteiger partial charge in [0.15, 0.2) is 0 Å². The monoisotopic (exact) mass is 273 g/mol. The van der Waals surface area contributed by atoms with Crippen molar-refractivity contribution in [3.8, 4) is 0 Å². The van der Waals surface area contributed by atoms with E-state index in [0.29, 0.717) is 12.4 Å². The Bertz CT molecular complexity index is 628. The number of aromatic nitrogens is 1. The Labute approximate surface area is 117 Å². The Hall–Kier alpha value is -2.43. The van der Waals surface area contributed by atoms with Crippen molar-refractivity contribution in [1.29, 1.82) is 0 Å². The summed E-state index contributed by atoms with van der Waals surface area (Å²) in [6, 6.07) is 8.95. The van der Waals surface area contributed by atoms with Crippen LogP contribution >= 0.6 is 0 Å². The van der Waals surface area contributed by atoms with Crippen molar-refractivity contribution in [3.63, 3.8) is 0 Å². The van der Waals surface area contributed by atoms with E-state index >= 15 is 0 Å². The second-order valence-corrected chi connectivity index (χ2v) is 4.41. The average molecular weight is 273 g/mol. The number of benzene rings is 1. The topological polar surface area (TPSA) is 54.0 Å². The van der Waals surface area contributed by atoms with Crippen LogP contribution in [0.15, 0.2) is 36.5 Å². The number of aryl methyl sites for hydroxylation is 1. The van der Waals surface area contributed by atoms with Crippen molar-refractivity contribution in [1.82, 2.24) is 10.3 Å². The summed E-state index contributed by atoms with van der Waals surface area (Å²) in [6.07, 6.45) is 1.07. The van der Waals surface area contributed by atoms with E-state index in [2.05, 4.69) is 15.6 Å². The van der Waals surface area contributed by atoms with Gasteiger partial charge in [0, 0.05) is 13.6 Å². The third-order valence-corrected chi connectivity index (χ3v) is 3.04. The number of anilines is 1. The number of hydrogen-bond acceptors (Lipinski definition) is 3. The van der Waals surface area contributed by atoms with E-state index in [-0.39, 0.29) is 11.5 Å². The number of rotatable bonds is 4. The first-order valence-corrected chi connectivity index (χ1v) is 6.28. The highest BCUT2D eigenvalue weighted by Gasteiger charge is 2.13. The molecule has 1 aromatic heterocycles. The molecule has 0 fully saturated rings. The molecule has 104 valence electrons. The summed E-state index contributed by atoms with van der Waals surface area (Å²) >= 11 is 0. The lowest BCUT2D eigenvalue weighted by atomic mass is 10.1. The third-order valence-electron chi connectivity index (χ3n) is 3.04. The molecule has 1 heterocycles. The highest BCUT2D eigenvalue weighted by Crippen LogP contribution is 2.13. The van der Waals surface area contributed by atoms with E-state index in [1.165, 1.54) is 6.07 Å². The van der Waals surface area contributed by atoms with Gasteiger partial charge in [0.25, 0.3) is 5.91 Å². The molecule has 1 amide bonds. The first kappa shape index (κ1) is 14.0. The van der Waals surface area contributed by atoms with Gasteiger partial charge in [-0.2, -0.15) is 0 Å². The smallest absolute Gasteiger partial charge is 0.255 e. The number of carbonyl (C=O) groups is 1. The minimum Gasteiger partial charge on any atom is -0.372 e. The molecule has 4 nitrogen and oxygen atoms in total. The maximum absolute atomic E-state index is 13.2. The van der Waals surface area contributed by atoms with Gasteiger partial charge in [0.2, 0.25) is 0 Å². The molecule has 0 aliphatic carbocycles. The molecule has 2 N–H and O–H groups in total. The molecule has 2 aromatic rings. The van der Waals surface area contributed by atoms with Gasteiger partial charge in [-0.05, 0) is 24.1 Å². The molecule has 0 aliphatic rings. The number of nitrogens with one attached hydrogen (secondary N) is 2. The molecule has 0 aliphatic heterocycles. The van der Waals surface area contributed by atoms with E-state index < -0.39 is 5.82 Å². The van der Waals surface area contributed by atoms with Crippen LogP contribution in [0.1, 0.15) is 21.5 Å². The van der Waals surface area contributed by atoms with Gasteiger partial charge in [-0.25, -0.2) is 9.37 Å². The number of carbonyl (C=O) groups excluding carboxylic acids is 1. The Morgan fingerprint density at radius 3 is 2.80 bits per heavy atom. The minimum atomic E-state index is -0.537. The lowest BCUT2D eigenvalue weighted by Crippen LogP contribution is -2.24. The molecule has 20 heavy (non-hydrogen) atoms. The molecule has 2 rings (SSSR count). The number of amides is 1. The summed E-state index contributed by atoms with van der Waals surface area (Å²) in [5.74, 6) is -0.539. The van der Waals surface area contributed by atoms with Gasteiger partial charge in [0.1, 0.15) is 11.6 Å². The van der Waals surface area contributed by atoms with Gasteiger partial charge in [-0.3, -0.25) is 4.79 Å². The van der Waals surface area contributed by atoms with Crippen LogP contribution in [-0.4, -0.2) is 17.9 Å². The second-order valence-electron chi connectivity index (χ2n) is 4.41. The zero-order chi connectivity index (χ0) is 14.5. The van der Waals surface area contributed by atoms with Crippen molar-refractivity contribution in [3.05, 3.63) is 59.0 Å². The largest absolute Gasteiger partial charge is 0.372 e. The SMILES string of the molecule is CNc1ncc(F)cc1C(=O)NCc1ccccc1C. The predicted octanol–water partition coefficient (Wildman–Crippen LogP) is 2.50. The molecule has 0 bridgehead atoms. The van der Waals surface area contributed by atoms with Gasteiger partial charge in [0.05, 0.1) is 11.8 Å². The van der Waals surface area contributed by atoms with E-state index in [0.717, 1.165) is 17.3 Å². The average Bonchev–Trinajstić information content (AvgIpc) is 2.46. The van der Waals surface area contributed by atoms with Gasteiger partial charge < -0.3 is 10.6 Å². The standard InChI is InChI=1S/C15H16FN3O/c1-10-5-3-4-6-11(10)8-19-15(20)13-7-12(16)9-18-14(13)17-2/h3-7,9H,8H2,1-2H3,(H,17,18)(H,19,20). The fraction of sp³-hybridized carbons (Fsp3) is 0.200. The van der Waals surface area contributed by atoms with Crippen molar-refractivity contribution in [2.75, 3.05) is 12.4 Å². The van der Waals surface area contributed by atoms with Crippen LogP contribution in [0.3, 0.4) is 0 Å². The zero-order valence-corrected chi connectivity index (χ0v) is 11.4. The third kappa shape index (κ3) is 3.12.